The molecule has 21 heavy (non-hydrogen) atoms. The van der Waals surface area contributed by atoms with Gasteiger partial charge in [-0.3, -0.25) is 0 Å². The lowest BCUT2D eigenvalue weighted by Crippen LogP contribution is -2.43. The number of ether oxygens (including phenoxy) is 1. The fraction of sp³-hybridized carbons (Fsp3) is 0.364. The molecule has 0 aromatic heterocycles. The molecule has 1 aromatic carbocycles. The summed E-state index contributed by atoms with van der Waals surface area (Å²) in [4.78, 5) is 11.5. The van der Waals surface area contributed by atoms with Crippen LogP contribution in [-0.4, -0.2) is 35.0 Å². The van der Waals surface area contributed by atoms with Gasteiger partial charge < -0.3 is 13.6 Å². The third kappa shape index (κ3) is 3.39. The van der Waals surface area contributed by atoms with E-state index in [0.29, 0.717) is 0 Å². The number of carbonyl (C=O) groups is 1. The molecule has 0 aliphatic rings. The largest absolute Gasteiger partial charge is 0.460 e. The summed E-state index contributed by atoms with van der Waals surface area (Å²) in [6.07, 6.45) is -0.488. The first-order valence-corrected chi connectivity index (χ1v) is 7.99. The topological polar surface area (TPSA) is 44.8 Å². The maximum Gasteiger partial charge on any atom is 0.373 e. The van der Waals surface area contributed by atoms with Crippen LogP contribution in [0.5, 0.6) is 0 Å². The van der Waals surface area contributed by atoms with Crippen LogP contribution in [-0.2, 0) is 13.6 Å². The van der Waals surface area contributed by atoms with E-state index in [1.807, 2.05) is 0 Å². The van der Waals surface area contributed by atoms with Crippen LogP contribution in [0.1, 0.15) is 10.4 Å². The Bertz CT molecular complexity index is 533. The molecular formula is C11H11F5O4Si. The summed E-state index contributed by atoms with van der Waals surface area (Å²) in [5.41, 5.74) is -1.66. The standard InChI is InChI=1S/C11H11F5O4Si/c1-18-21(3,19-2)4-20-11(17)5-6(12)8(14)10(16)9(15)7(5)13/h4H2,1-3H3. The maximum absolute atomic E-state index is 13.4. The molecular weight excluding hydrogens is 319 g/mol. The molecule has 118 valence electrons. The minimum atomic E-state index is -2.92. The summed E-state index contributed by atoms with van der Waals surface area (Å²) < 4.78 is 79.9. The third-order valence-electron chi connectivity index (χ3n) is 2.74. The number of esters is 1. The maximum atomic E-state index is 13.4. The zero-order chi connectivity index (χ0) is 16.4. The Morgan fingerprint density at radius 3 is 1.67 bits per heavy atom. The van der Waals surface area contributed by atoms with Crippen molar-refractivity contribution in [2.75, 3.05) is 20.4 Å². The summed E-state index contributed by atoms with van der Waals surface area (Å²) >= 11 is 0. The quantitative estimate of drug-likeness (QED) is 0.273. The first kappa shape index (κ1) is 17.5. The summed E-state index contributed by atoms with van der Waals surface area (Å²) in [5.74, 6) is -13.0. The Balaban J connectivity index is 3.10. The summed E-state index contributed by atoms with van der Waals surface area (Å²) in [7, 11) is -0.384. The minimum Gasteiger partial charge on any atom is -0.460 e. The van der Waals surface area contributed by atoms with Crippen LogP contribution in [0, 0.1) is 29.1 Å². The van der Waals surface area contributed by atoms with E-state index < -0.39 is 55.4 Å². The van der Waals surface area contributed by atoms with Gasteiger partial charge in [-0.1, -0.05) is 0 Å². The van der Waals surface area contributed by atoms with Crippen molar-refractivity contribution in [1.29, 1.82) is 0 Å². The van der Waals surface area contributed by atoms with E-state index in [9.17, 15) is 26.7 Å². The highest BCUT2D eigenvalue weighted by Crippen LogP contribution is 2.23. The molecule has 0 unspecified atom stereocenters. The van der Waals surface area contributed by atoms with Gasteiger partial charge in [-0.25, -0.2) is 26.7 Å². The zero-order valence-electron chi connectivity index (χ0n) is 11.2. The lowest BCUT2D eigenvalue weighted by Gasteiger charge is -2.22. The number of hydrogen-bond acceptors (Lipinski definition) is 4. The van der Waals surface area contributed by atoms with Crippen molar-refractivity contribution in [2.45, 2.75) is 6.55 Å². The van der Waals surface area contributed by atoms with E-state index in [1.165, 1.54) is 20.8 Å². The first-order chi connectivity index (χ1) is 9.68. The highest BCUT2D eigenvalue weighted by Gasteiger charge is 2.35. The van der Waals surface area contributed by atoms with Gasteiger partial charge in [0.2, 0.25) is 5.82 Å². The van der Waals surface area contributed by atoms with E-state index in [0.717, 1.165) is 0 Å². The molecule has 0 spiro atoms. The van der Waals surface area contributed by atoms with Crippen LogP contribution in [0.15, 0.2) is 0 Å². The zero-order valence-corrected chi connectivity index (χ0v) is 12.2. The first-order valence-electron chi connectivity index (χ1n) is 5.47. The van der Waals surface area contributed by atoms with Crippen molar-refractivity contribution >= 4 is 14.5 Å². The summed E-state index contributed by atoms with van der Waals surface area (Å²) in [6, 6.07) is 0. The van der Waals surface area contributed by atoms with Crippen molar-refractivity contribution in [1.82, 2.24) is 0 Å². The lowest BCUT2D eigenvalue weighted by molar-refractivity contribution is 0.0503. The molecule has 0 amide bonds. The second-order valence-electron chi connectivity index (χ2n) is 4.06. The highest BCUT2D eigenvalue weighted by atomic mass is 28.4. The molecule has 1 rings (SSSR count). The van der Waals surface area contributed by atoms with Crippen molar-refractivity contribution in [3.05, 3.63) is 34.6 Å². The number of halogens is 5. The predicted molar refractivity (Wildman–Crippen MR) is 62.2 cm³/mol. The van der Waals surface area contributed by atoms with Gasteiger partial charge >= 0.3 is 14.5 Å². The van der Waals surface area contributed by atoms with Gasteiger partial charge in [0.1, 0.15) is 11.8 Å². The Kier molecular flexibility index (Phi) is 5.42. The van der Waals surface area contributed by atoms with Crippen LogP contribution in [0.25, 0.3) is 0 Å². The molecule has 0 radical (unpaired) electrons. The predicted octanol–water partition coefficient (Wildman–Crippen LogP) is 2.44. The average Bonchev–Trinajstić information content (AvgIpc) is 2.48. The van der Waals surface area contributed by atoms with Crippen molar-refractivity contribution in [2.24, 2.45) is 0 Å². The van der Waals surface area contributed by atoms with Crippen LogP contribution >= 0.6 is 0 Å². The third-order valence-corrected chi connectivity index (χ3v) is 5.14. The van der Waals surface area contributed by atoms with Gasteiger partial charge in [-0.2, -0.15) is 0 Å². The molecule has 0 aliphatic carbocycles. The normalized spacial score (nSPS) is 11.6. The molecule has 0 saturated heterocycles. The van der Waals surface area contributed by atoms with E-state index in [-0.39, 0.29) is 0 Å². The average molecular weight is 330 g/mol. The van der Waals surface area contributed by atoms with E-state index in [4.69, 9.17) is 8.85 Å². The molecule has 0 aliphatic heterocycles. The summed E-state index contributed by atoms with van der Waals surface area (Å²) in [6.45, 7) is 1.47. The Hall–Kier alpha value is -1.52. The minimum absolute atomic E-state index is 0.488. The van der Waals surface area contributed by atoms with Crippen molar-refractivity contribution < 1.29 is 40.3 Å². The van der Waals surface area contributed by atoms with Gasteiger partial charge in [-0.05, 0) is 6.55 Å². The Labute approximate surface area is 117 Å². The molecule has 4 nitrogen and oxygen atoms in total. The Morgan fingerprint density at radius 2 is 1.29 bits per heavy atom. The van der Waals surface area contributed by atoms with Crippen LogP contribution in [0.4, 0.5) is 22.0 Å². The molecule has 0 N–H and O–H groups in total. The van der Waals surface area contributed by atoms with Crippen LogP contribution < -0.4 is 0 Å². The Morgan fingerprint density at radius 1 is 0.905 bits per heavy atom. The molecule has 0 saturated carbocycles. The smallest absolute Gasteiger partial charge is 0.373 e. The van der Waals surface area contributed by atoms with E-state index in [1.54, 1.807) is 0 Å². The van der Waals surface area contributed by atoms with Crippen molar-refractivity contribution in [3.63, 3.8) is 0 Å². The second-order valence-corrected chi connectivity index (χ2v) is 7.44. The fourth-order valence-electron chi connectivity index (χ4n) is 1.25. The molecule has 0 bridgehead atoms. The fourth-order valence-corrected chi connectivity index (χ4v) is 2.05. The van der Waals surface area contributed by atoms with Gasteiger partial charge in [-0.15, -0.1) is 0 Å². The second kappa shape index (κ2) is 6.50. The van der Waals surface area contributed by atoms with E-state index in [2.05, 4.69) is 4.74 Å². The van der Waals surface area contributed by atoms with Gasteiger partial charge in [0.15, 0.2) is 23.3 Å². The number of carbonyl (C=O) groups excluding carboxylic acids is 1. The van der Waals surface area contributed by atoms with Gasteiger partial charge in [0.25, 0.3) is 0 Å². The molecule has 0 atom stereocenters. The van der Waals surface area contributed by atoms with Gasteiger partial charge in [0.05, 0.1) is 0 Å². The number of rotatable bonds is 5. The number of hydrogen-bond donors (Lipinski definition) is 0. The molecule has 1 aromatic rings. The van der Waals surface area contributed by atoms with E-state index >= 15 is 0 Å². The highest BCUT2D eigenvalue weighted by molar-refractivity contribution is 6.66. The number of benzene rings is 1. The lowest BCUT2D eigenvalue weighted by atomic mass is 10.1. The molecule has 10 heteroatoms. The monoisotopic (exact) mass is 330 g/mol. The summed E-state index contributed by atoms with van der Waals surface area (Å²) in [5, 5.41) is 0. The van der Waals surface area contributed by atoms with Crippen LogP contribution in [0.2, 0.25) is 6.55 Å². The van der Waals surface area contributed by atoms with Crippen molar-refractivity contribution in [3.8, 4) is 0 Å². The molecule has 0 heterocycles. The van der Waals surface area contributed by atoms with Gasteiger partial charge in [0, 0.05) is 14.2 Å². The molecule has 0 fully saturated rings. The SMILES string of the molecule is CO[Si](C)(COC(=O)c1c(F)c(F)c(F)c(F)c1F)OC. The van der Waals surface area contributed by atoms with Crippen LogP contribution in [0.3, 0.4) is 0 Å².